The molecule has 2 unspecified atom stereocenters. The van der Waals surface area contributed by atoms with Gasteiger partial charge >= 0.3 is 39.5 Å². The molecular weight excluding hydrogens is 1160 g/mol. The molecule has 5 atom stereocenters. The van der Waals surface area contributed by atoms with Crippen molar-refractivity contribution in [3.63, 3.8) is 0 Å². The lowest BCUT2D eigenvalue weighted by Gasteiger charge is -2.21. The number of carbonyl (C=O) groups is 4. The van der Waals surface area contributed by atoms with E-state index in [0.29, 0.717) is 25.7 Å². The highest BCUT2D eigenvalue weighted by molar-refractivity contribution is 7.47. The van der Waals surface area contributed by atoms with Gasteiger partial charge < -0.3 is 33.8 Å². The summed E-state index contributed by atoms with van der Waals surface area (Å²) in [5.74, 6) is -1.33. The van der Waals surface area contributed by atoms with Gasteiger partial charge in [-0.3, -0.25) is 37.3 Å². The van der Waals surface area contributed by atoms with Crippen molar-refractivity contribution in [2.45, 2.75) is 374 Å². The quantitative estimate of drug-likeness (QED) is 0.0222. The zero-order chi connectivity index (χ0) is 64.9. The Hall–Kier alpha value is -1.94. The Kier molecular flexibility index (Phi) is 61.1. The molecular formula is C69H134O17P2. The fourth-order valence-electron chi connectivity index (χ4n) is 10.5. The van der Waals surface area contributed by atoms with Crippen LogP contribution in [0.1, 0.15) is 356 Å². The van der Waals surface area contributed by atoms with E-state index in [1.165, 1.54) is 173 Å². The van der Waals surface area contributed by atoms with Crippen molar-refractivity contribution in [2.24, 2.45) is 5.92 Å². The van der Waals surface area contributed by atoms with Crippen LogP contribution in [0, 0.1) is 5.92 Å². The lowest BCUT2D eigenvalue weighted by molar-refractivity contribution is -0.161. The Bertz CT molecular complexity index is 1700. The lowest BCUT2D eigenvalue weighted by Crippen LogP contribution is -2.30. The highest BCUT2D eigenvalue weighted by atomic mass is 31.2. The summed E-state index contributed by atoms with van der Waals surface area (Å²) < 4.78 is 68.0. The molecule has 0 radical (unpaired) electrons. The number of aliphatic hydroxyl groups excluding tert-OH is 1. The molecule has 0 aliphatic rings. The van der Waals surface area contributed by atoms with Crippen molar-refractivity contribution in [1.29, 1.82) is 0 Å². The predicted molar refractivity (Wildman–Crippen MR) is 354 cm³/mol. The number of ether oxygens (including phenoxy) is 4. The molecule has 0 rings (SSSR count). The molecule has 0 aromatic heterocycles. The van der Waals surface area contributed by atoms with Gasteiger partial charge in [0.25, 0.3) is 0 Å². The van der Waals surface area contributed by atoms with Gasteiger partial charge in [0.2, 0.25) is 0 Å². The Morgan fingerprint density at radius 1 is 0.307 bits per heavy atom. The standard InChI is InChI=1S/C69H134O17P2/c1-6-9-12-15-17-19-21-22-28-31-35-38-43-48-53-67(72)80-59-65(86-69(74)55-50-45-40-36-32-29-26-24-23-25-27-30-33-37-42-46-51-62(4)5)61-84-88(77,78)82-57-63(70)56-81-87(75,76)83-60-64(58-79-66(71)52-47-41-14-11-8-3)85-68(73)54-49-44-39-34-20-18-16-13-10-7-2/h62-65,70H,6-61H2,1-5H3,(H,75,76)(H,77,78)/t63-,64+,65+/m0/s1. The first-order chi connectivity index (χ1) is 42.5. The number of hydrogen-bond acceptors (Lipinski definition) is 15. The maximum absolute atomic E-state index is 13.0. The fraction of sp³-hybridized carbons (Fsp3) is 0.942. The van der Waals surface area contributed by atoms with Crippen molar-refractivity contribution in [3.8, 4) is 0 Å². The minimum absolute atomic E-state index is 0.106. The van der Waals surface area contributed by atoms with Crippen molar-refractivity contribution in [1.82, 2.24) is 0 Å². The lowest BCUT2D eigenvalue weighted by atomic mass is 10.0. The largest absolute Gasteiger partial charge is 0.472 e. The molecule has 0 saturated carbocycles. The number of unbranched alkanes of at least 4 members (excludes halogenated alkanes) is 41. The van der Waals surface area contributed by atoms with Crippen LogP contribution in [0.25, 0.3) is 0 Å². The van der Waals surface area contributed by atoms with Gasteiger partial charge in [-0.25, -0.2) is 9.13 Å². The maximum Gasteiger partial charge on any atom is 0.472 e. The van der Waals surface area contributed by atoms with Gasteiger partial charge in [-0.1, -0.05) is 304 Å². The molecule has 0 aromatic rings. The topological polar surface area (TPSA) is 237 Å². The number of hydrogen-bond donors (Lipinski definition) is 3. The van der Waals surface area contributed by atoms with E-state index in [-0.39, 0.29) is 25.7 Å². The zero-order valence-corrected chi connectivity index (χ0v) is 58.6. The minimum atomic E-state index is -4.95. The van der Waals surface area contributed by atoms with Crippen molar-refractivity contribution >= 4 is 39.5 Å². The van der Waals surface area contributed by atoms with Crippen LogP contribution >= 0.6 is 15.6 Å². The molecule has 0 aromatic carbocycles. The number of carbonyl (C=O) groups excluding carboxylic acids is 4. The Labute approximate surface area is 537 Å². The average Bonchev–Trinajstić information content (AvgIpc) is 3.57. The normalized spacial score (nSPS) is 14.1. The van der Waals surface area contributed by atoms with Crippen molar-refractivity contribution in [3.05, 3.63) is 0 Å². The molecule has 0 aliphatic heterocycles. The number of phosphoric ester groups is 2. The van der Waals surface area contributed by atoms with Crippen LogP contribution in [0.15, 0.2) is 0 Å². The molecule has 0 saturated heterocycles. The number of aliphatic hydroxyl groups is 1. The molecule has 0 aliphatic carbocycles. The molecule has 0 spiro atoms. The molecule has 17 nitrogen and oxygen atoms in total. The summed E-state index contributed by atoms with van der Waals surface area (Å²) >= 11 is 0. The molecule has 0 bridgehead atoms. The second-order valence-corrected chi connectivity index (χ2v) is 28.3. The summed E-state index contributed by atoms with van der Waals surface area (Å²) in [6.45, 7) is 7.17. The highest BCUT2D eigenvalue weighted by Gasteiger charge is 2.30. The predicted octanol–water partition coefficient (Wildman–Crippen LogP) is 19.7. The molecule has 0 amide bonds. The Morgan fingerprint density at radius 3 is 0.773 bits per heavy atom. The van der Waals surface area contributed by atoms with Crippen LogP contribution in [-0.2, 0) is 65.4 Å². The third-order valence-corrected chi connectivity index (χ3v) is 17.9. The minimum Gasteiger partial charge on any atom is -0.462 e. The average molecular weight is 1300 g/mol. The summed E-state index contributed by atoms with van der Waals surface area (Å²) in [6.07, 6.45) is 48.9. The van der Waals surface area contributed by atoms with Crippen molar-refractivity contribution in [2.75, 3.05) is 39.6 Å². The third-order valence-electron chi connectivity index (χ3n) is 16.0. The second-order valence-electron chi connectivity index (χ2n) is 25.4. The molecule has 3 N–H and O–H groups in total. The number of phosphoric acid groups is 2. The van der Waals surface area contributed by atoms with E-state index >= 15 is 0 Å². The monoisotopic (exact) mass is 1300 g/mol. The van der Waals surface area contributed by atoms with E-state index in [1.807, 2.05) is 0 Å². The van der Waals surface area contributed by atoms with Gasteiger partial charge in [-0.2, -0.15) is 0 Å². The first-order valence-corrected chi connectivity index (χ1v) is 39.1. The van der Waals surface area contributed by atoms with E-state index in [1.54, 1.807) is 0 Å². The first kappa shape index (κ1) is 86.1. The Balaban J connectivity index is 5.13. The van der Waals surface area contributed by atoms with Crippen LogP contribution in [0.4, 0.5) is 0 Å². The summed E-state index contributed by atoms with van der Waals surface area (Å²) in [5.41, 5.74) is 0. The van der Waals surface area contributed by atoms with Crippen LogP contribution in [-0.4, -0.2) is 96.7 Å². The number of rotatable bonds is 69. The Morgan fingerprint density at radius 2 is 0.523 bits per heavy atom. The zero-order valence-electron chi connectivity index (χ0n) is 56.9. The van der Waals surface area contributed by atoms with Gasteiger partial charge in [0.1, 0.15) is 19.3 Å². The summed E-state index contributed by atoms with van der Waals surface area (Å²) in [7, 11) is -9.88. The number of esters is 4. The molecule has 0 fully saturated rings. The van der Waals surface area contributed by atoms with Gasteiger partial charge in [-0.15, -0.1) is 0 Å². The molecule has 88 heavy (non-hydrogen) atoms. The summed E-state index contributed by atoms with van der Waals surface area (Å²) in [4.78, 5) is 72.2. The third kappa shape index (κ3) is 62.8. The van der Waals surface area contributed by atoms with E-state index in [2.05, 4.69) is 34.6 Å². The molecule has 19 heteroatoms. The fourth-order valence-corrected chi connectivity index (χ4v) is 12.0. The summed E-state index contributed by atoms with van der Waals surface area (Å²) in [6, 6.07) is 0. The molecule has 0 heterocycles. The van der Waals surface area contributed by atoms with E-state index < -0.39 is 97.5 Å². The molecule has 522 valence electrons. The van der Waals surface area contributed by atoms with Gasteiger partial charge in [-0.05, 0) is 31.6 Å². The van der Waals surface area contributed by atoms with Crippen molar-refractivity contribution < 1.29 is 80.2 Å². The van der Waals surface area contributed by atoms with E-state index in [0.717, 1.165) is 102 Å². The van der Waals surface area contributed by atoms with E-state index in [9.17, 15) is 43.2 Å². The van der Waals surface area contributed by atoms with Crippen LogP contribution in [0.5, 0.6) is 0 Å². The van der Waals surface area contributed by atoms with Crippen LogP contribution < -0.4 is 0 Å². The maximum atomic E-state index is 13.0. The first-order valence-electron chi connectivity index (χ1n) is 36.1. The highest BCUT2D eigenvalue weighted by Crippen LogP contribution is 2.45. The van der Waals surface area contributed by atoms with Gasteiger partial charge in [0.15, 0.2) is 12.2 Å². The SMILES string of the molecule is CCCCCCCCCCCCCCCCC(=O)OC[C@H](COP(=O)(O)OC[C@@H](O)COP(=O)(O)OC[C@@H](COC(=O)CCCCCCC)OC(=O)CCCCCCCCCCCC)OC(=O)CCCCCCCCCCCCCCCCCCC(C)C. The summed E-state index contributed by atoms with van der Waals surface area (Å²) in [5, 5.41) is 10.5. The second kappa shape index (κ2) is 62.5. The van der Waals surface area contributed by atoms with Gasteiger partial charge in [0, 0.05) is 25.7 Å². The van der Waals surface area contributed by atoms with Crippen LogP contribution in [0.2, 0.25) is 0 Å². The van der Waals surface area contributed by atoms with E-state index in [4.69, 9.17) is 37.0 Å². The smallest absolute Gasteiger partial charge is 0.462 e. The van der Waals surface area contributed by atoms with Crippen LogP contribution in [0.3, 0.4) is 0 Å². The van der Waals surface area contributed by atoms with Gasteiger partial charge in [0.05, 0.1) is 26.4 Å².